The predicted molar refractivity (Wildman–Crippen MR) is 65.8 cm³/mol. The maximum Gasteiger partial charge on any atom is 0.335 e. The summed E-state index contributed by atoms with van der Waals surface area (Å²) in [6, 6.07) is 6.89. The minimum Gasteiger partial charge on any atom is -0.478 e. The zero-order valence-electron chi connectivity index (χ0n) is 9.38. The van der Waals surface area contributed by atoms with Gasteiger partial charge in [0, 0.05) is 11.0 Å². The van der Waals surface area contributed by atoms with Gasteiger partial charge in [-0.2, -0.15) is 11.8 Å². The number of carboxylic acids is 1. The van der Waals surface area contributed by atoms with Crippen molar-refractivity contribution in [3.8, 4) is 0 Å². The molecule has 0 heterocycles. The molecule has 3 nitrogen and oxygen atoms in total. The molecule has 0 aliphatic rings. The average Bonchev–Trinajstić information content (AvgIpc) is 2.26. The molecule has 0 spiro atoms. The maximum atomic E-state index is 10.8. The Bertz CT molecular complexity index is 363. The van der Waals surface area contributed by atoms with Crippen molar-refractivity contribution in [3.63, 3.8) is 0 Å². The van der Waals surface area contributed by atoms with Crippen molar-refractivity contribution in [2.75, 3.05) is 0 Å². The molecule has 2 unspecified atom stereocenters. The van der Waals surface area contributed by atoms with Crippen molar-refractivity contribution in [2.24, 2.45) is 0 Å². The third-order valence-corrected chi connectivity index (χ3v) is 3.79. The second kappa shape index (κ2) is 5.92. The molecular formula is C12H16O3S. The first kappa shape index (κ1) is 13.1. The van der Waals surface area contributed by atoms with Crippen LogP contribution in [-0.2, 0) is 5.75 Å². The number of rotatable bonds is 5. The summed E-state index contributed by atoms with van der Waals surface area (Å²) in [4.78, 5) is 10.8. The van der Waals surface area contributed by atoms with Gasteiger partial charge >= 0.3 is 5.97 Å². The van der Waals surface area contributed by atoms with Crippen LogP contribution in [0.25, 0.3) is 0 Å². The van der Waals surface area contributed by atoms with Crippen LogP contribution in [0.4, 0.5) is 0 Å². The van der Waals surface area contributed by atoms with Crippen molar-refractivity contribution >= 4 is 17.7 Å². The van der Waals surface area contributed by atoms with E-state index in [1.54, 1.807) is 36.9 Å². The highest BCUT2D eigenvalue weighted by atomic mass is 32.2. The third kappa shape index (κ3) is 3.87. The first-order valence-corrected chi connectivity index (χ1v) is 6.17. The fourth-order valence-corrected chi connectivity index (χ4v) is 2.07. The summed E-state index contributed by atoms with van der Waals surface area (Å²) in [6.45, 7) is 3.71. The van der Waals surface area contributed by atoms with E-state index in [0.29, 0.717) is 11.3 Å². The lowest BCUT2D eigenvalue weighted by Gasteiger charge is -2.13. The van der Waals surface area contributed by atoms with Gasteiger partial charge in [0.15, 0.2) is 0 Å². The Morgan fingerprint density at radius 3 is 2.69 bits per heavy atom. The van der Waals surface area contributed by atoms with E-state index < -0.39 is 5.97 Å². The molecule has 4 heteroatoms. The standard InChI is InChI=1S/C12H16O3S/c1-8(13)9(2)16-7-10-4-3-5-11(6-10)12(14)15/h3-6,8-9,13H,7H2,1-2H3,(H,14,15). The first-order chi connectivity index (χ1) is 7.50. The monoisotopic (exact) mass is 240 g/mol. The second-order valence-electron chi connectivity index (χ2n) is 3.76. The molecule has 1 aromatic carbocycles. The molecular weight excluding hydrogens is 224 g/mol. The van der Waals surface area contributed by atoms with Crippen LogP contribution >= 0.6 is 11.8 Å². The maximum absolute atomic E-state index is 10.8. The summed E-state index contributed by atoms with van der Waals surface area (Å²) in [5, 5.41) is 18.3. The second-order valence-corrected chi connectivity index (χ2v) is 5.13. The smallest absolute Gasteiger partial charge is 0.335 e. The van der Waals surface area contributed by atoms with Crippen LogP contribution in [0, 0.1) is 0 Å². The molecule has 0 aromatic heterocycles. The van der Waals surface area contributed by atoms with Gasteiger partial charge in [-0.15, -0.1) is 0 Å². The van der Waals surface area contributed by atoms with E-state index >= 15 is 0 Å². The largest absolute Gasteiger partial charge is 0.478 e. The van der Waals surface area contributed by atoms with Crippen LogP contribution in [0.15, 0.2) is 24.3 Å². The van der Waals surface area contributed by atoms with E-state index in [-0.39, 0.29) is 11.4 Å². The first-order valence-electron chi connectivity index (χ1n) is 5.12. The van der Waals surface area contributed by atoms with Crippen LogP contribution in [0.2, 0.25) is 0 Å². The Morgan fingerprint density at radius 2 is 2.12 bits per heavy atom. The summed E-state index contributed by atoms with van der Waals surface area (Å²) >= 11 is 1.62. The number of carboxylic acid groups (broad SMARTS) is 1. The van der Waals surface area contributed by atoms with Crippen molar-refractivity contribution in [1.82, 2.24) is 0 Å². The topological polar surface area (TPSA) is 57.5 Å². The number of carbonyl (C=O) groups is 1. The number of aliphatic hydroxyl groups is 1. The molecule has 0 aliphatic carbocycles. The summed E-state index contributed by atoms with van der Waals surface area (Å²) < 4.78 is 0. The molecule has 2 atom stereocenters. The lowest BCUT2D eigenvalue weighted by molar-refractivity contribution is 0.0696. The Hall–Kier alpha value is -1.00. The van der Waals surface area contributed by atoms with Crippen LogP contribution in [-0.4, -0.2) is 27.5 Å². The van der Waals surface area contributed by atoms with Crippen molar-refractivity contribution in [3.05, 3.63) is 35.4 Å². The summed E-state index contributed by atoms with van der Waals surface area (Å²) in [6.07, 6.45) is -0.354. The fraction of sp³-hybridized carbons (Fsp3) is 0.417. The number of aromatic carboxylic acids is 1. The van der Waals surface area contributed by atoms with Gasteiger partial charge in [-0.3, -0.25) is 0 Å². The zero-order chi connectivity index (χ0) is 12.1. The predicted octanol–water partition coefficient (Wildman–Crippen LogP) is 2.39. The molecule has 0 saturated carbocycles. The fourth-order valence-electron chi connectivity index (χ4n) is 1.16. The van der Waals surface area contributed by atoms with Gasteiger partial charge in [-0.25, -0.2) is 4.79 Å². The van der Waals surface area contributed by atoms with E-state index in [1.165, 1.54) is 0 Å². The highest BCUT2D eigenvalue weighted by Crippen LogP contribution is 2.20. The van der Waals surface area contributed by atoms with E-state index in [1.807, 2.05) is 13.0 Å². The van der Waals surface area contributed by atoms with Crippen molar-refractivity contribution in [2.45, 2.75) is 31.0 Å². The Kier molecular flexibility index (Phi) is 4.83. The number of thioether (sulfide) groups is 1. The Labute approximate surface area is 99.5 Å². The van der Waals surface area contributed by atoms with Crippen LogP contribution < -0.4 is 0 Å². The molecule has 0 fully saturated rings. The molecule has 1 rings (SSSR count). The van der Waals surface area contributed by atoms with Crippen LogP contribution in [0.1, 0.15) is 29.8 Å². The van der Waals surface area contributed by atoms with Gasteiger partial charge in [0.05, 0.1) is 11.7 Å². The van der Waals surface area contributed by atoms with Gasteiger partial charge in [0.25, 0.3) is 0 Å². The minimum atomic E-state index is -0.907. The van der Waals surface area contributed by atoms with Crippen LogP contribution in [0.5, 0.6) is 0 Å². The number of hydrogen-bond donors (Lipinski definition) is 2. The van der Waals surface area contributed by atoms with Gasteiger partial charge in [-0.05, 0) is 24.6 Å². The normalized spacial score (nSPS) is 14.4. The van der Waals surface area contributed by atoms with E-state index in [2.05, 4.69) is 0 Å². The molecule has 0 amide bonds. The van der Waals surface area contributed by atoms with Gasteiger partial charge in [0.1, 0.15) is 0 Å². The van der Waals surface area contributed by atoms with Gasteiger partial charge in [-0.1, -0.05) is 19.1 Å². The zero-order valence-corrected chi connectivity index (χ0v) is 10.2. The van der Waals surface area contributed by atoms with Gasteiger partial charge in [0.2, 0.25) is 0 Å². The Morgan fingerprint density at radius 1 is 1.44 bits per heavy atom. The summed E-state index contributed by atoms with van der Waals surface area (Å²) in [7, 11) is 0. The molecule has 0 aliphatic heterocycles. The lowest BCUT2D eigenvalue weighted by Crippen LogP contribution is -2.15. The Balaban J connectivity index is 2.61. The molecule has 88 valence electrons. The summed E-state index contributed by atoms with van der Waals surface area (Å²) in [5.41, 5.74) is 1.28. The number of benzene rings is 1. The SMILES string of the molecule is CC(O)C(C)SCc1cccc(C(=O)O)c1. The minimum absolute atomic E-state index is 0.147. The molecule has 0 saturated heterocycles. The number of aliphatic hydroxyl groups excluding tert-OH is 1. The van der Waals surface area contributed by atoms with Crippen molar-refractivity contribution < 1.29 is 15.0 Å². The quantitative estimate of drug-likeness (QED) is 0.829. The highest BCUT2D eigenvalue weighted by molar-refractivity contribution is 7.99. The van der Waals surface area contributed by atoms with Crippen LogP contribution in [0.3, 0.4) is 0 Å². The average molecular weight is 240 g/mol. The van der Waals surface area contributed by atoms with E-state index in [0.717, 1.165) is 5.56 Å². The summed E-state index contributed by atoms with van der Waals surface area (Å²) in [5.74, 6) is -0.192. The molecule has 0 radical (unpaired) electrons. The van der Waals surface area contributed by atoms with Gasteiger partial charge < -0.3 is 10.2 Å². The number of hydrogen-bond acceptors (Lipinski definition) is 3. The molecule has 2 N–H and O–H groups in total. The molecule has 0 bridgehead atoms. The third-order valence-electron chi connectivity index (χ3n) is 2.37. The highest BCUT2D eigenvalue weighted by Gasteiger charge is 2.10. The van der Waals surface area contributed by atoms with E-state index in [9.17, 15) is 9.90 Å². The van der Waals surface area contributed by atoms with Crippen molar-refractivity contribution in [1.29, 1.82) is 0 Å². The molecule has 16 heavy (non-hydrogen) atoms. The van der Waals surface area contributed by atoms with E-state index in [4.69, 9.17) is 5.11 Å². The lowest BCUT2D eigenvalue weighted by atomic mass is 10.1. The molecule has 1 aromatic rings.